The average Bonchev–Trinajstić information content (AvgIpc) is 2.65. The summed E-state index contributed by atoms with van der Waals surface area (Å²) in [5.74, 6) is -1.54. The highest BCUT2D eigenvalue weighted by Crippen LogP contribution is 2.28. The van der Waals surface area contributed by atoms with E-state index in [9.17, 15) is 26.0 Å². The lowest BCUT2D eigenvalue weighted by Gasteiger charge is -2.18. The predicted octanol–water partition coefficient (Wildman–Crippen LogP) is 2.02. The molecule has 0 spiro atoms. The summed E-state index contributed by atoms with van der Waals surface area (Å²) in [4.78, 5) is 10.9. The molecule has 0 unspecified atom stereocenters. The number of sulfonamides is 2. The molecular weight excluding hydrogens is 445 g/mol. The average molecular weight is 470 g/mol. The number of hydrogen-bond acceptors (Lipinski definition) is 5. The summed E-state index contributed by atoms with van der Waals surface area (Å²) >= 11 is 0. The van der Waals surface area contributed by atoms with Crippen molar-refractivity contribution < 1.29 is 26.0 Å². The second-order valence-corrected chi connectivity index (χ2v) is 11.1. The Balaban J connectivity index is 1.81. The molecule has 1 amide bonds. The van der Waals surface area contributed by atoms with Crippen LogP contribution in [0.5, 0.6) is 0 Å². The minimum atomic E-state index is -4.22. The van der Waals surface area contributed by atoms with Crippen molar-refractivity contribution in [3.63, 3.8) is 0 Å². The summed E-state index contributed by atoms with van der Waals surface area (Å²) in [6.07, 6.45) is 0.505. The lowest BCUT2D eigenvalue weighted by Crippen LogP contribution is -2.32. The van der Waals surface area contributed by atoms with Gasteiger partial charge >= 0.3 is 0 Å². The van der Waals surface area contributed by atoms with Gasteiger partial charge in [-0.15, -0.1) is 0 Å². The van der Waals surface area contributed by atoms with Crippen LogP contribution in [0.4, 0.5) is 10.1 Å². The maximum absolute atomic E-state index is 14.5. The van der Waals surface area contributed by atoms with Crippen LogP contribution in [0.2, 0.25) is 0 Å². The van der Waals surface area contributed by atoms with Crippen LogP contribution in [-0.4, -0.2) is 28.8 Å². The number of fused-ring (bicyclic) bond motifs is 1. The molecule has 1 heterocycles. The lowest BCUT2D eigenvalue weighted by atomic mass is 10.0. The third-order valence-electron chi connectivity index (χ3n) is 4.67. The molecule has 0 aliphatic carbocycles. The molecule has 1 aliphatic rings. The fraction of sp³-hybridized carbons (Fsp3) is 0.350. The van der Waals surface area contributed by atoms with Crippen molar-refractivity contribution in [2.45, 2.75) is 49.9 Å². The van der Waals surface area contributed by atoms with Crippen LogP contribution in [0.3, 0.4) is 0 Å². The van der Waals surface area contributed by atoms with E-state index in [-0.39, 0.29) is 36.4 Å². The topological polar surface area (TPSA) is 121 Å². The first-order chi connectivity index (χ1) is 14.5. The Labute approximate surface area is 181 Å². The van der Waals surface area contributed by atoms with E-state index >= 15 is 0 Å². The van der Waals surface area contributed by atoms with Gasteiger partial charge in [0.2, 0.25) is 26.0 Å². The number of nitrogens with one attached hydrogen (secondary N) is 3. The van der Waals surface area contributed by atoms with Gasteiger partial charge in [-0.3, -0.25) is 4.79 Å². The largest absolute Gasteiger partial charge is 0.326 e. The van der Waals surface area contributed by atoms with Gasteiger partial charge < -0.3 is 5.32 Å². The van der Waals surface area contributed by atoms with Crippen molar-refractivity contribution in [2.24, 2.45) is 0 Å². The zero-order chi connectivity index (χ0) is 22.8. The third kappa shape index (κ3) is 5.88. The van der Waals surface area contributed by atoms with E-state index in [1.165, 1.54) is 6.07 Å². The fourth-order valence-corrected chi connectivity index (χ4v) is 5.92. The molecule has 0 aromatic heterocycles. The molecular formula is C20H24FN3O5S2. The zero-order valence-corrected chi connectivity index (χ0v) is 18.7. The van der Waals surface area contributed by atoms with Crippen LogP contribution in [0.15, 0.2) is 41.3 Å². The molecule has 168 valence electrons. The van der Waals surface area contributed by atoms with Crippen LogP contribution < -0.4 is 14.8 Å². The molecule has 0 atom stereocenters. The van der Waals surface area contributed by atoms with Crippen LogP contribution >= 0.6 is 0 Å². The molecule has 2 aromatic rings. The molecule has 31 heavy (non-hydrogen) atoms. The van der Waals surface area contributed by atoms with Gasteiger partial charge in [0, 0.05) is 24.7 Å². The van der Waals surface area contributed by atoms with E-state index < -0.39 is 30.8 Å². The number of benzene rings is 2. The first-order valence-corrected chi connectivity index (χ1v) is 12.8. The number of halogens is 1. The number of carbonyl (C=O) groups is 1. The third-order valence-corrected chi connectivity index (χ3v) is 7.61. The lowest BCUT2D eigenvalue weighted by molar-refractivity contribution is -0.116. The molecule has 3 rings (SSSR count). The Bertz CT molecular complexity index is 1210. The maximum Gasteiger partial charge on any atom is 0.243 e. The second-order valence-electron chi connectivity index (χ2n) is 7.61. The van der Waals surface area contributed by atoms with Crippen LogP contribution in [0, 0.1) is 5.82 Å². The highest BCUT2D eigenvalue weighted by Gasteiger charge is 2.25. The van der Waals surface area contributed by atoms with Crippen molar-refractivity contribution in [1.29, 1.82) is 0 Å². The van der Waals surface area contributed by atoms with Gasteiger partial charge in [0.1, 0.15) is 10.7 Å². The van der Waals surface area contributed by atoms with Crippen molar-refractivity contribution in [2.75, 3.05) is 5.32 Å². The van der Waals surface area contributed by atoms with Crippen molar-refractivity contribution in [3.05, 3.63) is 58.9 Å². The van der Waals surface area contributed by atoms with Gasteiger partial charge in [0.15, 0.2) is 0 Å². The van der Waals surface area contributed by atoms with Crippen LogP contribution in [0.1, 0.15) is 37.0 Å². The van der Waals surface area contributed by atoms with Gasteiger partial charge in [-0.2, -0.15) is 0 Å². The normalized spacial score (nSPS) is 14.4. The van der Waals surface area contributed by atoms with E-state index in [0.717, 1.165) is 6.07 Å². The summed E-state index contributed by atoms with van der Waals surface area (Å²) in [6, 6.07) is 8.49. The SMILES string of the molecule is CC(C)NS(=O)(=O)Cc1ccccc1CNS(=O)(=O)c1cc2c(cc1F)NC(=O)CC2. The van der Waals surface area contributed by atoms with Gasteiger partial charge in [0.25, 0.3) is 0 Å². The van der Waals surface area contributed by atoms with Gasteiger partial charge in [-0.1, -0.05) is 24.3 Å². The van der Waals surface area contributed by atoms with Gasteiger partial charge in [0.05, 0.1) is 5.75 Å². The van der Waals surface area contributed by atoms with Gasteiger partial charge in [-0.05, 0) is 49.1 Å². The summed E-state index contributed by atoms with van der Waals surface area (Å²) in [5.41, 5.74) is 1.70. The summed E-state index contributed by atoms with van der Waals surface area (Å²) < 4.78 is 69.3. The molecule has 0 bridgehead atoms. The predicted molar refractivity (Wildman–Crippen MR) is 115 cm³/mol. The van der Waals surface area contributed by atoms with Crippen molar-refractivity contribution in [3.8, 4) is 0 Å². The van der Waals surface area contributed by atoms with E-state index in [1.54, 1.807) is 38.1 Å². The van der Waals surface area contributed by atoms with E-state index in [4.69, 9.17) is 0 Å². The molecule has 8 nitrogen and oxygen atoms in total. The van der Waals surface area contributed by atoms with E-state index in [0.29, 0.717) is 23.1 Å². The highest BCUT2D eigenvalue weighted by molar-refractivity contribution is 7.89. The van der Waals surface area contributed by atoms with E-state index in [1.807, 2.05) is 0 Å². The quantitative estimate of drug-likeness (QED) is 0.546. The molecule has 2 aromatic carbocycles. The molecule has 3 N–H and O–H groups in total. The Morgan fingerprint density at radius 1 is 1.06 bits per heavy atom. The standard InChI is InChI=1S/C20H24FN3O5S2/c1-13(2)24-30(26,27)12-16-6-4-3-5-15(16)11-22-31(28,29)19-9-14-7-8-20(25)23-18(14)10-17(19)21/h3-6,9-10,13,22,24H,7-8,11-12H2,1-2H3,(H,23,25). The Kier molecular flexibility index (Phi) is 6.79. The Hall–Kier alpha value is -2.34. The smallest absolute Gasteiger partial charge is 0.243 e. The molecule has 0 fully saturated rings. The second kappa shape index (κ2) is 9.03. The van der Waals surface area contributed by atoms with Crippen LogP contribution in [-0.2, 0) is 43.6 Å². The number of rotatable bonds is 8. The molecule has 1 aliphatic heterocycles. The maximum atomic E-state index is 14.5. The Morgan fingerprint density at radius 3 is 2.42 bits per heavy atom. The number of aryl methyl sites for hydroxylation is 1. The number of anilines is 1. The number of hydrogen-bond donors (Lipinski definition) is 3. The minimum absolute atomic E-state index is 0.192. The monoisotopic (exact) mass is 469 g/mol. The minimum Gasteiger partial charge on any atom is -0.326 e. The van der Waals surface area contributed by atoms with Crippen LogP contribution in [0.25, 0.3) is 0 Å². The zero-order valence-electron chi connectivity index (χ0n) is 17.1. The number of amides is 1. The molecule has 11 heteroatoms. The molecule has 0 saturated heterocycles. The highest BCUT2D eigenvalue weighted by atomic mass is 32.2. The number of carbonyl (C=O) groups excluding carboxylic acids is 1. The van der Waals surface area contributed by atoms with E-state index in [2.05, 4.69) is 14.8 Å². The summed E-state index contributed by atoms with van der Waals surface area (Å²) in [6.45, 7) is 3.20. The first kappa shape index (κ1) is 23.3. The van der Waals surface area contributed by atoms with Crippen molar-refractivity contribution in [1.82, 2.24) is 9.44 Å². The summed E-state index contributed by atoms with van der Waals surface area (Å²) in [5, 5.41) is 2.52. The van der Waals surface area contributed by atoms with Gasteiger partial charge in [-0.25, -0.2) is 30.7 Å². The molecule has 0 radical (unpaired) electrons. The fourth-order valence-electron chi connectivity index (χ4n) is 3.31. The summed E-state index contributed by atoms with van der Waals surface area (Å²) in [7, 11) is -7.82. The Morgan fingerprint density at radius 2 is 1.74 bits per heavy atom. The van der Waals surface area contributed by atoms with Crippen molar-refractivity contribution >= 4 is 31.6 Å². The molecule has 0 saturated carbocycles. The first-order valence-electron chi connectivity index (χ1n) is 9.65.